The van der Waals surface area contributed by atoms with E-state index in [1.54, 1.807) is 0 Å². The van der Waals surface area contributed by atoms with Gasteiger partial charge in [-0.2, -0.15) is 0 Å². The van der Waals surface area contributed by atoms with Crippen molar-refractivity contribution in [1.29, 1.82) is 0 Å². The van der Waals surface area contributed by atoms with Gasteiger partial charge in [-0.3, -0.25) is 0 Å². The van der Waals surface area contributed by atoms with E-state index in [4.69, 9.17) is 0 Å². The fourth-order valence-corrected chi connectivity index (χ4v) is 2.13. The second kappa shape index (κ2) is 13.0. The van der Waals surface area contributed by atoms with Crippen molar-refractivity contribution in [2.75, 3.05) is 6.54 Å². The summed E-state index contributed by atoms with van der Waals surface area (Å²) in [6, 6.07) is 0.776. The number of rotatable bonds is 12. The van der Waals surface area contributed by atoms with Crippen LogP contribution in [0.5, 0.6) is 0 Å². The summed E-state index contributed by atoms with van der Waals surface area (Å²) in [6.45, 7) is 8.09. The van der Waals surface area contributed by atoms with E-state index in [-0.39, 0.29) is 0 Å². The quantitative estimate of drug-likeness (QED) is 0.467. The number of hydrogen-bond acceptors (Lipinski definition) is 1. The minimum Gasteiger partial charge on any atom is -0.314 e. The van der Waals surface area contributed by atoms with Crippen molar-refractivity contribution in [3.63, 3.8) is 0 Å². The molecule has 0 aliphatic heterocycles. The molecule has 0 radical (unpaired) electrons. The summed E-state index contributed by atoms with van der Waals surface area (Å²) in [6.07, 6.45) is 13.8. The third-order valence-electron chi connectivity index (χ3n) is 3.36. The summed E-state index contributed by atoms with van der Waals surface area (Å²) in [4.78, 5) is 0. The molecule has 0 heterocycles. The Morgan fingerprint density at radius 1 is 0.750 bits per heavy atom. The lowest BCUT2D eigenvalue weighted by Crippen LogP contribution is -2.29. The van der Waals surface area contributed by atoms with Gasteiger partial charge in [0.2, 0.25) is 0 Å². The molecule has 1 heteroatoms. The van der Waals surface area contributed by atoms with Crippen LogP contribution in [0.2, 0.25) is 0 Å². The van der Waals surface area contributed by atoms with Crippen LogP contribution in [0.25, 0.3) is 0 Å². The highest BCUT2D eigenvalue weighted by molar-refractivity contribution is 4.64. The predicted molar refractivity (Wildman–Crippen MR) is 75.0 cm³/mol. The fraction of sp³-hybridized carbons (Fsp3) is 1.00. The molecular formula is C15H33N. The van der Waals surface area contributed by atoms with Crippen molar-refractivity contribution >= 4 is 0 Å². The van der Waals surface area contributed by atoms with E-state index in [1.165, 1.54) is 70.8 Å². The Morgan fingerprint density at radius 2 is 1.38 bits per heavy atom. The van der Waals surface area contributed by atoms with Crippen LogP contribution in [0, 0.1) is 0 Å². The molecule has 0 aromatic rings. The van der Waals surface area contributed by atoms with Gasteiger partial charge >= 0.3 is 0 Å². The van der Waals surface area contributed by atoms with Crippen molar-refractivity contribution in [3.05, 3.63) is 0 Å². The Hall–Kier alpha value is -0.0400. The van der Waals surface area contributed by atoms with Crippen molar-refractivity contribution in [1.82, 2.24) is 5.32 Å². The standard InChI is InChI=1S/C15H33N/c1-4-7-9-11-13-15(6-3)16-14-12-10-8-5-2/h15-16H,4-14H2,1-3H3. The fourth-order valence-electron chi connectivity index (χ4n) is 2.13. The van der Waals surface area contributed by atoms with Gasteiger partial charge in [0.1, 0.15) is 0 Å². The molecule has 0 amide bonds. The zero-order valence-electron chi connectivity index (χ0n) is 11.9. The van der Waals surface area contributed by atoms with Gasteiger partial charge in [0.25, 0.3) is 0 Å². The molecule has 1 atom stereocenters. The second-order valence-corrected chi connectivity index (χ2v) is 4.97. The summed E-state index contributed by atoms with van der Waals surface area (Å²) in [7, 11) is 0. The summed E-state index contributed by atoms with van der Waals surface area (Å²) in [5, 5.41) is 3.71. The molecular weight excluding hydrogens is 194 g/mol. The third kappa shape index (κ3) is 10.5. The maximum absolute atomic E-state index is 3.71. The van der Waals surface area contributed by atoms with Gasteiger partial charge in [-0.15, -0.1) is 0 Å². The monoisotopic (exact) mass is 227 g/mol. The molecule has 1 unspecified atom stereocenters. The minimum atomic E-state index is 0.776. The molecule has 0 spiro atoms. The molecule has 98 valence electrons. The van der Waals surface area contributed by atoms with Gasteiger partial charge in [-0.25, -0.2) is 0 Å². The van der Waals surface area contributed by atoms with E-state index in [0.717, 1.165) is 6.04 Å². The number of hydrogen-bond donors (Lipinski definition) is 1. The maximum Gasteiger partial charge on any atom is 0.00644 e. The van der Waals surface area contributed by atoms with Crippen LogP contribution in [-0.4, -0.2) is 12.6 Å². The Balaban J connectivity index is 3.29. The lowest BCUT2D eigenvalue weighted by atomic mass is 10.1. The molecule has 1 nitrogen and oxygen atoms in total. The van der Waals surface area contributed by atoms with Crippen molar-refractivity contribution in [2.24, 2.45) is 0 Å². The second-order valence-electron chi connectivity index (χ2n) is 4.97. The van der Waals surface area contributed by atoms with Gasteiger partial charge in [0.05, 0.1) is 0 Å². The molecule has 16 heavy (non-hydrogen) atoms. The summed E-state index contributed by atoms with van der Waals surface area (Å²) in [5.41, 5.74) is 0. The first-order valence-corrected chi connectivity index (χ1v) is 7.58. The van der Waals surface area contributed by atoms with Gasteiger partial charge in [0.15, 0.2) is 0 Å². The van der Waals surface area contributed by atoms with E-state index < -0.39 is 0 Å². The van der Waals surface area contributed by atoms with Gasteiger partial charge < -0.3 is 5.32 Å². The average Bonchev–Trinajstić information content (AvgIpc) is 2.31. The molecule has 0 fully saturated rings. The first-order valence-electron chi connectivity index (χ1n) is 7.58. The summed E-state index contributed by atoms with van der Waals surface area (Å²) >= 11 is 0. The molecule has 0 saturated heterocycles. The summed E-state index contributed by atoms with van der Waals surface area (Å²) in [5.74, 6) is 0. The first-order chi connectivity index (χ1) is 7.85. The first kappa shape index (κ1) is 16.0. The van der Waals surface area contributed by atoms with Crippen molar-refractivity contribution in [3.8, 4) is 0 Å². The van der Waals surface area contributed by atoms with Crippen LogP contribution in [0.3, 0.4) is 0 Å². The molecule has 0 aliphatic rings. The van der Waals surface area contributed by atoms with E-state index in [9.17, 15) is 0 Å². The van der Waals surface area contributed by atoms with Gasteiger partial charge in [-0.1, -0.05) is 65.7 Å². The van der Waals surface area contributed by atoms with Crippen LogP contribution in [-0.2, 0) is 0 Å². The Bertz CT molecular complexity index is 123. The van der Waals surface area contributed by atoms with Crippen molar-refractivity contribution in [2.45, 2.75) is 91.0 Å². The van der Waals surface area contributed by atoms with Crippen LogP contribution in [0.1, 0.15) is 85.0 Å². The zero-order chi connectivity index (χ0) is 12.1. The van der Waals surface area contributed by atoms with Gasteiger partial charge in [0, 0.05) is 6.04 Å². The topological polar surface area (TPSA) is 12.0 Å². The largest absolute Gasteiger partial charge is 0.314 e. The minimum absolute atomic E-state index is 0.776. The van der Waals surface area contributed by atoms with Crippen LogP contribution < -0.4 is 5.32 Å². The summed E-state index contributed by atoms with van der Waals surface area (Å²) < 4.78 is 0. The van der Waals surface area contributed by atoms with E-state index in [1.807, 2.05) is 0 Å². The number of nitrogens with one attached hydrogen (secondary N) is 1. The van der Waals surface area contributed by atoms with E-state index in [0.29, 0.717) is 0 Å². The molecule has 1 N–H and O–H groups in total. The highest BCUT2D eigenvalue weighted by Gasteiger charge is 2.03. The average molecular weight is 227 g/mol. The molecule has 0 aromatic heterocycles. The van der Waals surface area contributed by atoms with Crippen molar-refractivity contribution < 1.29 is 0 Å². The lowest BCUT2D eigenvalue weighted by molar-refractivity contribution is 0.436. The lowest BCUT2D eigenvalue weighted by Gasteiger charge is -2.16. The van der Waals surface area contributed by atoms with Crippen LogP contribution in [0.4, 0.5) is 0 Å². The van der Waals surface area contributed by atoms with Crippen LogP contribution >= 0.6 is 0 Å². The molecule has 0 rings (SSSR count). The molecule has 0 aromatic carbocycles. The normalized spacial score (nSPS) is 12.9. The SMILES string of the molecule is CCCCCCNC(CC)CCCCCC. The van der Waals surface area contributed by atoms with E-state index in [2.05, 4.69) is 26.1 Å². The molecule has 0 saturated carbocycles. The highest BCUT2D eigenvalue weighted by Crippen LogP contribution is 2.08. The Labute approximate surface area is 103 Å². The zero-order valence-corrected chi connectivity index (χ0v) is 11.9. The maximum atomic E-state index is 3.71. The Morgan fingerprint density at radius 3 is 1.94 bits per heavy atom. The van der Waals surface area contributed by atoms with Crippen LogP contribution in [0.15, 0.2) is 0 Å². The smallest absolute Gasteiger partial charge is 0.00644 e. The highest BCUT2D eigenvalue weighted by atomic mass is 14.9. The molecule has 0 bridgehead atoms. The predicted octanol–water partition coefficient (Wildman–Crippen LogP) is 4.91. The number of unbranched alkanes of at least 4 members (excludes halogenated alkanes) is 6. The van der Waals surface area contributed by atoms with Gasteiger partial charge in [-0.05, 0) is 25.8 Å². The molecule has 0 aliphatic carbocycles. The Kier molecular flexibility index (Phi) is 13.0. The van der Waals surface area contributed by atoms with E-state index >= 15 is 0 Å². The third-order valence-corrected chi connectivity index (χ3v) is 3.36.